The van der Waals surface area contributed by atoms with Gasteiger partial charge in [0.1, 0.15) is 5.82 Å². The molecule has 0 saturated carbocycles. The van der Waals surface area contributed by atoms with Crippen molar-refractivity contribution in [3.63, 3.8) is 0 Å². The minimum absolute atomic E-state index is 0.253. The van der Waals surface area contributed by atoms with Crippen LogP contribution in [-0.4, -0.2) is 16.5 Å². The summed E-state index contributed by atoms with van der Waals surface area (Å²) >= 11 is 0. The molecule has 1 aromatic heterocycles. The van der Waals surface area contributed by atoms with Crippen LogP contribution in [0.15, 0.2) is 60.8 Å². The van der Waals surface area contributed by atoms with Gasteiger partial charge in [0.15, 0.2) is 5.82 Å². The number of hydrogen-bond acceptors (Lipinski definition) is 3. The Bertz CT molecular complexity index is 875. The van der Waals surface area contributed by atoms with Crippen LogP contribution in [0.2, 0.25) is 0 Å². The molecule has 3 nitrogen and oxygen atoms in total. The van der Waals surface area contributed by atoms with Crippen molar-refractivity contribution in [1.82, 2.24) is 9.97 Å². The van der Waals surface area contributed by atoms with Crippen LogP contribution in [0, 0.1) is 24.6 Å². The SMILES string of the molecule is Cc1ccnc(-c2ccc(NCC#Cc3ccc(F)cc3)cc2)n1. The fraction of sp³-hybridized carbons (Fsp3) is 0.100. The van der Waals surface area contributed by atoms with Crippen molar-refractivity contribution in [2.45, 2.75) is 6.92 Å². The molecule has 0 amide bonds. The number of aryl methyl sites for hydroxylation is 1. The molecule has 0 fully saturated rings. The van der Waals surface area contributed by atoms with Crippen molar-refractivity contribution in [3.05, 3.63) is 77.9 Å². The Morgan fingerprint density at radius 2 is 1.75 bits per heavy atom. The fourth-order valence-corrected chi connectivity index (χ4v) is 2.15. The predicted molar refractivity (Wildman–Crippen MR) is 94.0 cm³/mol. The zero-order valence-corrected chi connectivity index (χ0v) is 13.3. The topological polar surface area (TPSA) is 37.8 Å². The van der Waals surface area contributed by atoms with E-state index in [0.717, 1.165) is 28.3 Å². The van der Waals surface area contributed by atoms with Gasteiger partial charge in [-0.25, -0.2) is 14.4 Å². The van der Waals surface area contributed by atoms with Gasteiger partial charge in [-0.3, -0.25) is 0 Å². The molecule has 1 heterocycles. The number of benzene rings is 2. The average molecular weight is 317 g/mol. The van der Waals surface area contributed by atoms with Crippen LogP contribution in [0.1, 0.15) is 11.3 Å². The summed E-state index contributed by atoms with van der Waals surface area (Å²) < 4.78 is 12.8. The van der Waals surface area contributed by atoms with Gasteiger partial charge in [-0.05, 0) is 61.5 Å². The molecule has 0 radical (unpaired) electrons. The maximum absolute atomic E-state index is 12.8. The van der Waals surface area contributed by atoms with Crippen LogP contribution in [0.4, 0.5) is 10.1 Å². The minimum Gasteiger partial charge on any atom is -0.374 e. The highest BCUT2D eigenvalue weighted by Crippen LogP contribution is 2.17. The summed E-state index contributed by atoms with van der Waals surface area (Å²) in [6.07, 6.45) is 1.76. The van der Waals surface area contributed by atoms with Gasteiger partial charge in [0, 0.05) is 28.7 Å². The molecular formula is C20H16FN3. The van der Waals surface area contributed by atoms with Crippen LogP contribution in [-0.2, 0) is 0 Å². The quantitative estimate of drug-likeness (QED) is 0.740. The summed E-state index contributed by atoms with van der Waals surface area (Å²) in [5.74, 6) is 6.47. The Hall–Kier alpha value is -3.19. The van der Waals surface area contributed by atoms with Gasteiger partial charge >= 0.3 is 0 Å². The second-order valence-corrected chi connectivity index (χ2v) is 5.26. The molecular weight excluding hydrogens is 301 g/mol. The molecule has 2 aromatic carbocycles. The molecule has 0 spiro atoms. The largest absolute Gasteiger partial charge is 0.374 e. The van der Waals surface area contributed by atoms with Crippen LogP contribution < -0.4 is 5.32 Å². The molecule has 1 N–H and O–H groups in total. The Morgan fingerprint density at radius 3 is 2.46 bits per heavy atom. The van der Waals surface area contributed by atoms with E-state index >= 15 is 0 Å². The number of aromatic nitrogens is 2. The second kappa shape index (κ2) is 7.38. The van der Waals surface area contributed by atoms with Crippen LogP contribution in [0.5, 0.6) is 0 Å². The summed E-state index contributed by atoms with van der Waals surface area (Å²) in [4.78, 5) is 8.68. The first-order chi connectivity index (χ1) is 11.7. The number of nitrogens with zero attached hydrogens (tertiary/aromatic N) is 2. The number of rotatable bonds is 3. The fourth-order valence-electron chi connectivity index (χ4n) is 2.15. The standard InChI is InChI=1S/C20H16FN3/c1-15-12-14-23-20(24-15)17-6-10-19(11-7-17)22-13-2-3-16-4-8-18(21)9-5-16/h4-12,14,22H,13H2,1H3. The van der Waals surface area contributed by atoms with Gasteiger partial charge in [-0.2, -0.15) is 0 Å². The monoisotopic (exact) mass is 317 g/mol. The van der Waals surface area contributed by atoms with E-state index in [1.54, 1.807) is 18.3 Å². The third-order valence-electron chi connectivity index (χ3n) is 3.40. The Morgan fingerprint density at radius 1 is 1.00 bits per heavy atom. The number of anilines is 1. The lowest BCUT2D eigenvalue weighted by atomic mass is 10.2. The maximum atomic E-state index is 12.8. The van der Waals surface area contributed by atoms with E-state index in [0.29, 0.717) is 6.54 Å². The van der Waals surface area contributed by atoms with Gasteiger partial charge in [-0.1, -0.05) is 11.8 Å². The number of halogens is 1. The molecule has 0 aliphatic rings. The smallest absolute Gasteiger partial charge is 0.159 e. The van der Waals surface area contributed by atoms with Crippen LogP contribution in [0.25, 0.3) is 11.4 Å². The third-order valence-corrected chi connectivity index (χ3v) is 3.40. The first-order valence-corrected chi connectivity index (χ1v) is 7.59. The Labute approximate surface area is 140 Å². The lowest BCUT2D eigenvalue weighted by Gasteiger charge is -2.04. The molecule has 0 aliphatic carbocycles. The van der Waals surface area contributed by atoms with Gasteiger partial charge < -0.3 is 5.32 Å². The zero-order chi connectivity index (χ0) is 16.8. The summed E-state index contributed by atoms with van der Waals surface area (Å²) in [6, 6.07) is 15.9. The van der Waals surface area contributed by atoms with Crippen LogP contribution >= 0.6 is 0 Å². The molecule has 24 heavy (non-hydrogen) atoms. The molecule has 3 aromatic rings. The van der Waals surface area contributed by atoms with Crippen molar-refractivity contribution in [1.29, 1.82) is 0 Å². The summed E-state index contributed by atoms with van der Waals surface area (Å²) in [7, 11) is 0. The molecule has 0 aliphatic heterocycles. The Kier molecular flexibility index (Phi) is 4.83. The molecule has 0 atom stereocenters. The highest BCUT2D eigenvalue weighted by atomic mass is 19.1. The van der Waals surface area contributed by atoms with Crippen LogP contribution in [0.3, 0.4) is 0 Å². The number of hydrogen-bond donors (Lipinski definition) is 1. The van der Waals surface area contributed by atoms with Crippen molar-refractivity contribution >= 4 is 5.69 Å². The Balaban J connectivity index is 1.60. The number of nitrogens with one attached hydrogen (secondary N) is 1. The highest BCUT2D eigenvalue weighted by molar-refractivity contribution is 5.59. The van der Waals surface area contributed by atoms with E-state index in [1.807, 2.05) is 37.3 Å². The minimum atomic E-state index is -0.253. The highest BCUT2D eigenvalue weighted by Gasteiger charge is 2.00. The lowest BCUT2D eigenvalue weighted by Crippen LogP contribution is -1.98. The van der Waals surface area contributed by atoms with E-state index < -0.39 is 0 Å². The average Bonchev–Trinajstić information content (AvgIpc) is 2.61. The summed E-state index contributed by atoms with van der Waals surface area (Å²) in [6.45, 7) is 2.46. The third kappa shape index (κ3) is 4.17. The molecule has 0 saturated heterocycles. The summed E-state index contributed by atoms with van der Waals surface area (Å²) in [5.41, 5.74) is 3.69. The van der Waals surface area contributed by atoms with E-state index in [2.05, 4.69) is 27.1 Å². The van der Waals surface area contributed by atoms with Gasteiger partial charge in [0.2, 0.25) is 0 Å². The molecule has 0 unspecified atom stereocenters. The first-order valence-electron chi connectivity index (χ1n) is 7.59. The van der Waals surface area contributed by atoms with E-state index in [4.69, 9.17) is 0 Å². The molecule has 4 heteroatoms. The normalized spacial score (nSPS) is 9.92. The van der Waals surface area contributed by atoms with E-state index in [9.17, 15) is 4.39 Å². The van der Waals surface area contributed by atoms with Gasteiger partial charge in [-0.15, -0.1) is 0 Å². The van der Waals surface area contributed by atoms with Crippen molar-refractivity contribution in [2.75, 3.05) is 11.9 Å². The molecule has 0 bridgehead atoms. The second-order valence-electron chi connectivity index (χ2n) is 5.26. The molecule has 118 valence electrons. The van der Waals surface area contributed by atoms with Gasteiger partial charge in [0.05, 0.1) is 6.54 Å². The van der Waals surface area contributed by atoms with E-state index in [-0.39, 0.29) is 5.82 Å². The zero-order valence-electron chi connectivity index (χ0n) is 13.3. The summed E-state index contributed by atoms with van der Waals surface area (Å²) in [5, 5.41) is 3.23. The van der Waals surface area contributed by atoms with Gasteiger partial charge in [0.25, 0.3) is 0 Å². The maximum Gasteiger partial charge on any atom is 0.159 e. The van der Waals surface area contributed by atoms with Crippen molar-refractivity contribution < 1.29 is 4.39 Å². The van der Waals surface area contributed by atoms with E-state index in [1.165, 1.54) is 12.1 Å². The van der Waals surface area contributed by atoms with Crippen molar-refractivity contribution in [3.8, 4) is 23.2 Å². The van der Waals surface area contributed by atoms with Crippen molar-refractivity contribution in [2.24, 2.45) is 0 Å². The molecule has 3 rings (SSSR count). The first kappa shape index (κ1) is 15.7. The predicted octanol–water partition coefficient (Wildman–Crippen LogP) is 4.05. The lowest BCUT2D eigenvalue weighted by molar-refractivity contribution is 0.627.